The first-order chi connectivity index (χ1) is 13.2. The maximum absolute atomic E-state index is 11.2. The number of carboxylic acid groups (broad SMARTS) is 2. The fourth-order valence-corrected chi connectivity index (χ4v) is 4.39. The van der Waals surface area contributed by atoms with E-state index in [0.717, 1.165) is 25.7 Å². The molecular weight excluding hydrogens is 423 g/mol. The van der Waals surface area contributed by atoms with E-state index in [-0.39, 0.29) is 57.8 Å². The number of aliphatic carboxylic acids is 2. The van der Waals surface area contributed by atoms with Crippen LogP contribution in [0.3, 0.4) is 0 Å². The third kappa shape index (κ3) is 16.8. The van der Waals surface area contributed by atoms with Gasteiger partial charge in [0, 0.05) is 0 Å². The van der Waals surface area contributed by atoms with Crippen LogP contribution in [0.4, 0.5) is 0 Å². The van der Waals surface area contributed by atoms with Gasteiger partial charge in [-0.3, -0.25) is 14.1 Å². The van der Waals surface area contributed by atoms with Gasteiger partial charge in [-0.05, 0) is 6.42 Å². The van der Waals surface area contributed by atoms with E-state index in [0.29, 0.717) is 6.42 Å². The summed E-state index contributed by atoms with van der Waals surface area (Å²) >= 11 is 0. The second kappa shape index (κ2) is 19.2. The zero-order valence-electron chi connectivity index (χ0n) is 17.1. The molecule has 0 aliphatic rings. The fraction of sp³-hybridized carbons (Fsp3) is 0.900. The molecule has 168 valence electrons. The van der Waals surface area contributed by atoms with Crippen LogP contribution in [0, 0.1) is 5.92 Å². The Morgan fingerprint density at radius 2 is 1.03 bits per heavy atom. The fourth-order valence-electron chi connectivity index (χ4n) is 3.47. The number of unbranched alkanes of at least 4 members (excludes halogenated alkanes) is 13. The number of carboxylic acids is 2. The summed E-state index contributed by atoms with van der Waals surface area (Å²) in [4.78, 5) is 22.3. The Morgan fingerprint density at radius 3 is 1.31 bits per heavy atom. The molecule has 2 unspecified atom stereocenters. The minimum atomic E-state index is -4.96. The standard InChI is InChI=1S/C20H38O7S.K.H/c1-2-3-4-5-6-7-8-9-10-11-12-13-14-15-16-17(19(21)22)18(20(23)24)28(25,26)27;;/h17-18H,2-16H2,1H3,(H,21,22)(H,23,24)(H,25,26,27);;. The van der Waals surface area contributed by atoms with Crippen molar-refractivity contribution in [2.45, 2.75) is 108 Å². The van der Waals surface area contributed by atoms with Gasteiger partial charge >= 0.3 is 63.3 Å². The van der Waals surface area contributed by atoms with Crippen molar-refractivity contribution in [2.24, 2.45) is 5.92 Å². The van der Waals surface area contributed by atoms with Gasteiger partial charge in [0.2, 0.25) is 0 Å². The second-order valence-corrected chi connectivity index (χ2v) is 9.14. The summed E-state index contributed by atoms with van der Waals surface area (Å²) < 4.78 is 31.4. The van der Waals surface area contributed by atoms with Gasteiger partial charge in [-0.15, -0.1) is 0 Å². The predicted molar refractivity (Wildman–Crippen MR) is 116 cm³/mol. The molecule has 0 radical (unpaired) electrons. The topological polar surface area (TPSA) is 129 Å². The minimum absolute atomic E-state index is 0. The van der Waals surface area contributed by atoms with Gasteiger partial charge in [0.05, 0.1) is 5.92 Å². The van der Waals surface area contributed by atoms with Crippen molar-refractivity contribution in [3.63, 3.8) is 0 Å². The van der Waals surface area contributed by atoms with Crippen LogP contribution < -0.4 is 0 Å². The van der Waals surface area contributed by atoms with Crippen molar-refractivity contribution in [1.29, 1.82) is 0 Å². The Hall–Kier alpha value is 0.486. The van der Waals surface area contributed by atoms with Crippen LogP contribution >= 0.6 is 0 Å². The molecule has 7 nitrogen and oxygen atoms in total. The van der Waals surface area contributed by atoms with Gasteiger partial charge in [0.1, 0.15) is 0 Å². The molecule has 0 heterocycles. The first kappa shape index (κ1) is 31.7. The molecule has 0 aliphatic heterocycles. The molecule has 0 aromatic heterocycles. The van der Waals surface area contributed by atoms with Crippen LogP contribution in [0.15, 0.2) is 0 Å². The van der Waals surface area contributed by atoms with Gasteiger partial charge in [-0.25, -0.2) is 0 Å². The number of hydrogen-bond acceptors (Lipinski definition) is 4. The average molecular weight is 463 g/mol. The van der Waals surface area contributed by atoms with Crippen molar-refractivity contribution < 1.29 is 32.8 Å². The molecule has 0 saturated carbocycles. The molecule has 0 rings (SSSR count). The normalized spacial score (nSPS) is 13.4. The van der Waals surface area contributed by atoms with Crippen molar-refractivity contribution in [3.05, 3.63) is 0 Å². The van der Waals surface area contributed by atoms with Crippen molar-refractivity contribution in [1.82, 2.24) is 0 Å². The van der Waals surface area contributed by atoms with E-state index in [9.17, 15) is 18.0 Å². The van der Waals surface area contributed by atoms with Gasteiger partial charge in [0.25, 0.3) is 10.1 Å². The molecule has 29 heavy (non-hydrogen) atoms. The van der Waals surface area contributed by atoms with Gasteiger partial charge in [-0.1, -0.05) is 96.8 Å². The first-order valence-corrected chi connectivity index (χ1v) is 12.1. The Morgan fingerprint density at radius 1 is 0.690 bits per heavy atom. The van der Waals surface area contributed by atoms with E-state index in [1.807, 2.05) is 0 Å². The van der Waals surface area contributed by atoms with E-state index in [2.05, 4.69) is 6.92 Å². The van der Waals surface area contributed by atoms with Crippen LogP contribution in [0.2, 0.25) is 0 Å². The average Bonchev–Trinajstić information content (AvgIpc) is 2.59. The molecule has 0 aromatic carbocycles. The Kier molecular flexibility index (Phi) is 21.0. The summed E-state index contributed by atoms with van der Waals surface area (Å²) in [5, 5.41) is 15.7. The summed E-state index contributed by atoms with van der Waals surface area (Å²) in [6, 6.07) is 0. The summed E-state index contributed by atoms with van der Waals surface area (Å²) in [6.07, 6.45) is 15.8. The van der Waals surface area contributed by atoms with Crippen LogP contribution in [0.25, 0.3) is 0 Å². The quantitative estimate of drug-likeness (QED) is 0.149. The van der Waals surface area contributed by atoms with E-state index in [4.69, 9.17) is 14.8 Å². The molecule has 0 fully saturated rings. The first-order valence-electron chi connectivity index (χ1n) is 10.6. The van der Waals surface area contributed by atoms with E-state index in [1.165, 1.54) is 57.8 Å². The number of rotatable bonds is 19. The predicted octanol–water partition coefficient (Wildman–Crippen LogP) is 4.25. The van der Waals surface area contributed by atoms with Crippen molar-refractivity contribution >= 4 is 73.4 Å². The van der Waals surface area contributed by atoms with Crippen LogP contribution in [-0.2, 0) is 19.7 Å². The monoisotopic (exact) mass is 462 g/mol. The van der Waals surface area contributed by atoms with Crippen LogP contribution in [0.1, 0.15) is 103 Å². The Balaban J connectivity index is 0. The van der Waals surface area contributed by atoms with E-state index < -0.39 is 33.2 Å². The summed E-state index contributed by atoms with van der Waals surface area (Å²) in [5.41, 5.74) is 0. The van der Waals surface area contributed by atoms with Crippen LogP contribution in [-0.4, -0.2) is 91.8 Å². The summed E-state index contributed by atoms with van der Waals surface area (Å²) in [5.74, 6) is -4.98. The van der Waals surface area contributed by atoms with Crippen LogP contribution in [0.5, 0.6) is 0 Å². The Labute approximate surface area is 218 Å². The summed E-state index contributed by atoms with van der Waals surface area (Å²) in [7, 11) is -4.96. The molecule has 0 aromatic rings. The third-order valence-electron chi connectivity index (χ3n) is 5.12. The maximum atomic E-state index is 11.2. The molecule has 3 N–H and O–H groups in total. The van der Waals surface area contributed by atoms with Gasteiger partial charge < -0.3 is 10.2 Å². The molecule has 0 aliphatic carbocycles. The molecular formula is C20H39KO7S. The zero-order chi connectivity index (χ0) is 21.4. The van der Waals surface area contributed by atoms with Crippen molar-refractivity contribution in [3.8, 4) is 0 Å². The van der Waals surface area contributed by atoms with E-state index >= 15 is 0 Å². The van der Waals surface area contributed by atoms with E-state index in [1.54, 1.807) is 0 Å². The molecule has 2 atom stereocenters. The van der Waals surface area contributed by atoms with Gasteiger partial charge in [0.15, 0.2) is 5.25 Å². The molecule has 0 amide bonds. The molecule has 9 heteroatoms. The van der Waals surface area contributed by atoms with Crippen molar-refractivity contribution in [2.75, 3.05) is 0 Å². The SMILES string of the molecule is CCCCCCCCCCCCCCCCC(C(=O)O)C(C(=O)O)S(=O)(=O)O.[KH]. The van der Waals surface area contributed by atoms with Gasteiger partial charge in [-0.2, -0.15) is 8.42 Å². The third-order valence-corrected chi connectivity index (χ3v) is 6.29. The number of hydrogen-bond donors (Lipinski definition) is 3. The second-order valence-electron chi connectivity index (χ2n) is 7.60. The molecule has 0 spiro atoms. The molecule has 0 bridgehead atoms. The number of carbonyl (C=O) groups is 2. The Bertz CT molecular complexity index is 537. The zero-order valence-corrected chi connectivity index (χ0v) is 18.0. The summed E-state index contributed by atoms with van der Waals surface area (Å²) in [6.45, 7) is 2.22. The molecule has 0 saturated heterocycles.